The van der Waals surface area contributed by atoms with Gasteiger partial charge in [0.2, 0.25) is 11.8 Å². The molecule has 4 nitrogen and oxygen atoms in total. The van der Waals surface area contributed by atoms with Crippen LogP contribution in [0.1, 0.15) is 36.8 Å². The number of nitrogens with zero attached hydrogens (tertiary/aromatic N) is 2. The van der Waals surface area contributed by atoms with Crippen LogP contribution in [-0.2, 0) is 16.1 Å². The van der Waals surface area contributed by atoms with Gasteiger partial charge in [-0.2, -0.15) is 0 Å². The zero-order valence-electron chi connectivity index (χ0n) is 13.0. The van der Waals surface area contributed by atoms with Crippen molar-refractivity contribution in [1.29, 1.82) is 0 Å². The Morgan fingerprint density at radius 1 is 1.24 bits per heavy atom. The average Bonchev–Trinajstić information content (AvgIpc) is 2.66. The SMILES string of the molecule is Cc1ccccc1CN(C)C(=O)CN1CCCCCC1=O. The number of benzene rings is 1. The fraction of sp³-hybridized carbons (Fsp3) is 0.529. The minimum Gasteiger partial charge on any atom is -0.340 e. The molecule has 2 rings (SSSR count). The first kappa shape index (κ1) is 15.5. The second-order valence-corrected chi connectivity index (χ2v) is 5.80. The molecule has 2 amide bonds. The Morgan fingerprint density at radius 3 is 2.76 bits per heavy atom. The highest BCUT2D eigenvalue weighted by atomic mass is 16.2. The van der Waals surface area contributed by atoms with Crippen molar-refractivity contribution in [1.82, 2.24) is 9.80 Å². The molecule has 0 radical (unpaired) electrons. The predicted octanol–water partition coefficient (Wildman–Crippen LogP) is 2.36. The first-order chi connectivity index (χ1) is 10.1. The van der Waals surface area contributed by atoms with E-state index in [9.17, 15) is 9.59 Å². The van der Waals surface area contributed by atoms with Crippen LogP contribution in [0.3, 0.4) is 0 Å². The van der Waals surface area contributed by atoms with Crippen LogP contribution in [0.4, 0.5) is 0 Å². The summed E-state index contributed by atoms with van der Waals surface area (Å²) in [6.07, 6.45) is 3.60. The third-order valence-electron chi connectivity index (χ3n) is 4.09. The minimum absolute atomic E-state index is 0.00787. The van der Waals surface area contributed by atoms with Crippen LogP contribution in [0.15, 0.2) is 24.3 Å². The molecule has 0 aliphatic carbocycles. The highest BCUT2D eigenvalue weighted by Gasteiger charge is 2.21. The van der Waals surface area contributed by atoms with Crippen molar-refractivity contribution >= 4 is 11.8 Å². The molecule has 1 heterocycles. The van der Waals surface area contributed by atoms with E-state index in [0.29, 0.717) is 19.5 Å². The van der Waals surface area contributed by atoms with Gasteiger partial charge in [0.05, 0.1) is 6.54 Å². The highest BCUT2D eigenvalue weighted by Crippen LogP contribution is 2.13. The number of carbonyl (C=O) groups is 2. The molecule has 0 saturated carbocycles. The van der Waals surface area contributed by atoms with E-state index in [1.807, 2.05) is 31.2 Å². The molecule has 0 unspecified atom stereocenters. The summed E-state index contributed by atoms with van der Waals surface area (Å²) in [7, 11) is 1.80. The van der Waals surface area contributed by atoms with Crippen LogP contribution in [-0.4, -0.2) is 41.8 Å². The van der Waals surface area contributed by atoms with E-state index in [-0.39, 0.29) is 18.4 Å². The van der Waals surface area contributed by atoms with Gasteiger partial charge in [-0.25, -0.2) is 0 Å². The van der Waals surface area contributed by atoms with E-state index in [2.05, 4.69) is 0 Å². The fourth-order valence-corrected chi connectivity index (χ4v) is 2.62. The van der Waals surface area contributed by atoms with E-state index < -0.39 is 0 Å². The summed E-state index contributed by atoms with van der Waals surface area (Å²) in [6, 6.07) is 8.07. The minimum atomic E-state index is 0.00787. The zero-order valence-corrected chi connectivity index (χ0v) is 13.0. The van der Waals surface area contributed by atoms with Crippen LogP contribution in [0.2, 0.25) is 0 Å². The Kier molecular flexibility index (Phi) is 5.37. The van der Waals surface area contributed by atoms with Gasteiger partial charge in [0.1, 0.15) is 0 Å². The van der Waals surface area contributed by atoms with Crippen LogP contribution in [0.25, 0.3) is 0 Å². The molecule has 1 fully saturated rings. The summed E-state index contributed by atoms with van der Waals surface area (Å²) in [6.45, 7) is 3.56. The summed E-state index contributed by atoms with van der Waals surface area (Å²) in [5.74, 6) is 0.124. The molecule has 1 aliphatic heterocycles. The third kappa shape index (κ3) is 4.31. The first-order valence-corrected chi connectivity index (χ1v) is 7.64. The maximum Gasteiger partial charge on any atom is 0.242 e. The van der Waals surface area contributed by atoms with E-state index in [0.717, 1.165) is 24.8 Å². The number of carbonyl (C=O) groups excluding carboxylic acids is 2. The molecule has 0 atom stereocenters. The first-order valence-electron chi connectivity index (χ1n) is 7.64. The lowest BCUT2D eigenvalue weighted by Gasteiger charge is -2.24. The summed E-state index contributed by atoms with van der Waals surface area (Å²) in [5, 5.41) is 0. The Hall–Kier alpha value is -1.84. The molecule has 114 valence electrons. The molecule has 1 aliphatic rings. The molecule has 21 heavy (non-hydrogen) atoms. The maximum atomic E-state index is 12.3. The second kappa shape index (κ2) is 7.25. The van der Waals surface area contributed by atoms with Gasteiger partial charge >= 0.3 is 0 Å². The van der Waals surface area contributed by atoms with Gasteiger partial charge in [-0.15, -0.1) is 0 Å². The topological polar surface area (TPSA) is 40.6 Å². The van der Waals surface area contributed by atoms with Gasteiger partial charge in [-0.05, 0) is 30.9 Å². The predicted molar refractivity (Wildman–Crippen MR) is 82.7 cm³/mol. The average molecular weight is 288 g/mol. The van der Waals surface area contributed by atoms with E-state index in [4.69, 9.17) is 0 Å². The normalized spacial score (nSPS) is 15.7. The molecule has 0 aromatic heterocycles. The van der Waals surface area contributed by atoms with Gasteiger partial charge < -0.3 is 9.80 Å². The number of likely N-dealkylation sites (tertiary alicyclic amines) is 1. The van der Waals surface area contributed by atoms with Crippen molar-refractivity contribution in [2.75, 3.05) is 20.1 Å². The molecule has 1 aromatic carbocycles. The van der Waals surface area contributed by atoms with Gasteiger partial charge in [-0.3, -0.25) is 9.59 Å². The van der Waals surface area contributed by atoms with Crippen molar-refractivity contribution in [2.45, 2.75) is 39.2 Å². The monoisotopic (exact) mass is 288 g/mol. The second-order valence-electron chi connectivity index (χ2n) is 5.80. The van der Waals surface area contributed by atoms with E-state index in [1.165, 1.54) is 5.56 Å². The Balaban J connectivity index is 1.93. The molecule has 1 saturated heterocycles. The van der Waals surface area contributed by atoms with Crippen molar-refractivity contribution in [2.24, 2.45) is 0 Å². The number of hydrogen-bond acceptors (Lipinski definition) is 2. The molecule has 1 aromatic rings. The van der Waals surface area contributed by atoms with Crippen molar-refractivity contribution in [3.63, 3.8) is 0 Å². The Bertz CT molecular complexity index is 513. The van der Waals surface area contributed by atoms with Crippen LogP contribution >= 0.6 is 0 Å². The standard InChI is InChI=1S/C17H24N2O2/c1-14-8-5-6-9-15(14)12-18(2)17(21)13-19-11-7-3-4-10-16(19)20/h5-6,8-9H,3-4,7,10-13H2,1-2H3. The lowest BCUT2D eigenvalue weighted by molar-refractivity contribution is -0.139. The third-order valence-corrected chi connectivity index (χ3v) is 4.09. The number of rotatable bonds is 4. The summed E-state index contributed by atoms with van der Waals surface area (Å²) >= 11 is 0. The summed E-state index contributed by atoms with van der Waals surface area (Å²) in [5.41, 5.74) is 2.33. The lowest BCUT2D eigenvalue weighted by atomic mass is 10.1. The van der Waals surface area contributed by atoms with Gasteiger partial charge in [-0.1, -0.05) is 30.7 Å². The maximum absolute atomic E-state index is 12.3. The molecular formula is C17H24N2O2. The van der Waals surface area contributed by atoms with Crippen molar-refractivity contribution in [3.05, 3.63) is 35.4 Å². The fourth-order valence-electron chi connectivity index (χ4n) is 2.62. The Labute approximate surface area is 126 Å². The number of likely N-dealkylation sites (N-methyl/N-ethyl adjacent to an activating group) is 1. The van der Waals surface area contributed by atoms with Gasteiger partial charge in [0.15, 0.2) is 0 Å². The number of aryl methyl sites for hydroxylation is 1. The molecule has 4 heteroatoms. The van der Waals surface area contributed by atoms with E-state index in [1.54, 1.807) is 16.8 Å². The highest BCUT2D eigenvalue weighted by molar-refractivity contribution is 5.84. The Morgan fingerprint density at radius 2 is 2.00 bits per heavy atom. The van der Waals surface area contributed by atoms with Crippen LogP contribution in [0, 0.1) is 6.92 Å². The number of amides is 2. The molecule has 0 spiro atoms. The molecular weight excluding hydrogens is 264 g/mol. The zero-order chi connectivity index (χ0) is 15.2. The summed E-state index contributed by atoms with van der Waals surface area (Å²) in [4.78, 5) is 27.7. The number of hydrogen-bond donors (Lipinski definition) is 0. The van der Waals surface area contributed by atoms with Crippen LogP contribution < -0.4 is 0 Å². The van der Waals surface area contributed by atoms with Crippen LogP contribution in [0.5, 0.6) is 0 Å². The quantitative estimate of drug-likeness (QED) is 0.853. The van der Waals surface area contributed by atoms with Gasteiger partial charge in [0, 0.05) is 26.6 Å². The summed E-state index contributed by atoms with van der Waals surface area (Å²) < 4.78 is 0. The van der Waals surface area contributed by atoms with Crippen molar-refractivity contribution < 1.29 is 9.59 Å². The molecule has 0 bridgehead atoms. The smallest absolute Gasteiger partial charge is 0.242 e. The van der Waals surface area contributed by atoms with Crippen molar-refractivity contribution in [3.8, 4) is 0 Å². The van der Waals surface area contributed by atoms with E-state index >= 15 is 0 Å². The molecule has 0 N–H and O–H groups in total. The van der Waals surface area contributed by atoms with Gasteiger partial charge in [0.25, 0.3) is 0 Å². The lowest BCUT2D eigenvalue weighted by Crippen LogP contribution is -2.41. The largest absolute Gasteiger partial charge is 0.340 e.